The van der Waals surface area contributed by atoms with E-state index in [0.29, 0.717) is 18.7 Å². The molecular weight excluding hydrogens is 407 g/mol. The number of aromatic nitrogens is 5. The summed E-state index contributed by atoms with van der Waals surface area (Å²) in [5.41, 5.74) is 7.31. The zero-order chi connectivity index (χ0) is 21.8. The maximum Gasteiger partial charge on any atom is 0.434 e. The van der Waals surface area contributed by atoms with Crippen LogP contribution in [0.4, 0.5) is 19.0 Å². The van der Waals surface area contributed by atoms with Crippen molar-refractivity contribution in [2.45, 2.75) is 50.4 Å². The van der Waals surface area contributed by atoms with Crippen LogP contribution in [0.3, 0.4) is 0 Å². The monoisotopic (exact) mass is 429 g/mol. The van der Waals surface area contributed by atoms with E-state index in [0.717, 1.165) is 36.1 Å². The molecule has 0 spiro atoms. The Kier molecular flexibility index (Phi) is 4.44. The summed E-state index contributed by atoms with van der Waals surface area (Å²) in [5.74, 6) is 1.46. The van der Waals surface area contributed by atoms with Crippen LogP contribution in [0.2, 0.25) is 0 Å². The number of nitrogens with zero attached hydrogens (tertiary/aromatic N) is 5. The van der Waals surface area contributed by atoms with Crippen molar-refractivity contribution in [3.05, 3.63) is 60.2 Å². The van der Waals surface area contributed by atoms with Crippen LogP contribution < -0.4 is 11.1 Å². The molecule has 4 aromatic rings. The first kappa shape index (κ1) is 19.8. The second-order valence-electron chi connectivity index (χ2n) is 8.17. The number of hydrogen-bond acceptors (Lipinski definition) is 5. The highest BCUT2D eigenvalue weighted by atomic mass is 19.4. The van der Waals surface area contributed by atoms with Crippen LogP contribution in [0.15, 0.2) is 43.0 Å². The molecule has 1 aliphatic rings. The Hall–Kier alpha value is -3.14. The highest BCUT2D eigenvalue weighted by Crippen LogP contribution is 2.37. The molecule has 0 saturated heterocycles. The van der Waals surface area contributed by atoms with Gasteiger partial charge in [0.25, 0.3) is 0 Å². The van der Waals surface area contributed by atoms with Crippen molar-refractivity contribution in [3.63, 3.8) is 0 Å². The Morgan fingerprint density at radius 1 is 1.16 bits per heavy atom. The van der Waals surface area contributed by atoms with E-state index in [9.17, 15) is 13.2 Å². The second-order valence-corrected chi connectivity index (χ2v) is 8.17. The summed E-state index contributed by atoms with van der Waals surface area (Å²) in [6.07, 6.45) is 4.91. The first-order valence-electron chi connectivity index (χ1n) is 10.1. The molecular formula is C21H22F3N7. The predicted octanol–water partition coefficient (Wildman–Crippen LogP) is 3.91. The van der Waals surface area contributed by atoms with Gasteiger partial charge in [-0.3, -0.25) is 9.38 Å². The van der Waals surface area contributed by atoms with Crippen LogP contribution in [-0.2, 0) is 11.7 Å². The summed E-state index contributed by atoms with van der Waals surface area (Å²) in [6, 6.07) is 5.11. The third-order valence-corrected chi connectivity index (χ3v) is 6.13. The van der Waals surface area contributed by atoms with Gasteiger partial charge in [0.1, 0.15) is 17.3 Å². The van der Waals surface area contributed by atoms with Crippen LogP contribution in [0.1, 0.15) is 42.9 Å². The normalized spacial score (nSPS) is 22.3. The molecule has 162 valence electrons. The maximum absolute atomic E-state index is 13.1. The minimum atomic E-state index is -4.48. The van der Waals surface area contributed by atoms with Gasteiger partial charge in [0.05, 0.1) is 22.9 Å². The van der Waals surface area contributed by atoms with E-state index in [1.165, 1.54) is 4.40 Å². The lowest BCUT2D eigenvalue weighted by molar-refractivity contribution is -0.140. The van der Waals surface area contributed by atoms with Gasteiger partial charge in [0.15, 0.2) is 5.69 Å². The van der Waals surface area contributed by atoms with Gasteiger partial charge in [-0.25, -0.2) is 9.97 Å². The van der Waals surface area contributed by atoms with Crippen LogP contribution in [0, 0.1) is 6.92 Å². The third-order valence-electron chi connectivity index (χ3n) is 6.13. The van der Waals surface area contributed by atoms with Gasteiger partial charge in [-0.15, -0.1) is 0 Å². The molecule has 0 radical (unpaired) electrons. The van der Waals surface area contributed by atoms with Gasteiger partial charge in [0.2, 0.25) is 0 Å². The van der Waals surface area contributed by atoms with E-state index in [4.69, 9.17) is 5.73 Å². The Labute approximate surface area is 176 Å². The quantitative estimate of drug-likeness (QED) is 0.516. The molecule has 0 aliphatic heterocycles. The topological polar surface area (TPSA) is 85.5 Å². The van der Waals surface area contributed by atoms with Gasteiger partial charge in [-0.05, 0) is 44.7 Å². The van der Waals surface area contributed by atoms with E-state index in [2.05, 4.69) is 20.3 Å². The first-order valence-corrected chi connectivity index (χ1v) is 10.1. The average molecular weight is 429 g/mol. The van der Waals surface area contributed by atoms with Gasteiger partial charge in [-0.2, -0.15) is 13.2 Å². The predicted molar refractivity (Wildman–Crippen MR) is 110 cm³/mol. The highest BCUT2D eigenvalue weighted by Gasteiger charge is 2.37. The number of rotatable bonds is 3. The molecule has 0 atom stereocenters. The van der Waals surface area contributed by atoms with E-state index < -0.39 is 17.4 Å². The van der Waals surface area contributed by atoms with Crippen molar-refractivity contribution in [3.8, 4) is 0 Å². The number of pyridine rings is 1. The molecule has 0 bridgehead atoms. The Morgan fingerprint density at radius 2 is 1.94 bits per heavy atom. The maximum atomic E-state index is 13.1. The van der Waals surface area contributed by atoms with Crippen LogP contribution in [0.5, 0.6) is 0 Å². The van der Waals surface area contributed by atoms with Crippen molar-refractivity contribution in [1.29, 1.82) is 0 Å². The number of nitrogens with one attached hydrogen (secondary N) is 1. The number of fused-ring (bicyclic) bond motifs is 2. The number of alkyl halides is 3. The van der Waals surface area contributed by atoms with Crippen LogP contribution >= 0.6 is 0 Å². The standard InChI is InChI=1S/C21H22F3N7/c1-13-27-11-15-19(26-9-10-30(13)15)20(25)7-5-14(6-8-20)28-17-3-2-4-18-29-16(12-31(17)18)21(22,23)24/h2-4,9-12,14,28H,5-8,25H2,1H3. The minimum absolute atomic E-state index is 0.0883. The van der Waals surface area contributed by atoms with Gasteiger partial charge < -0.3 is 15.5 Å². The summed E-state index contributed by atoms with van der Waals surface area (Å²) in [5, 5.41) is 3.38. The van der Waals surface area contributed by atoms with Crippen LogP contribution in [-0.4, -0.2) is 29.8 Å². The summed E-state index contributed by atoms with van der Waals surface area (Å²) in [7, 11) is 0. The molecule has 4 heterocycles. The summed E-state index contributed by atoms with van der Waals surface area (Å²) in [6.45, 7) is 1.93. The molecule has 7 nitrogen and oxygen atoms in total. The molecule has 31 heavy (non-hydrogen) atoms. The molecule has 4 aromatic heterocycles. The molecule has 1 saturated carbocycles. The molecule has 1 fully saturated rings. The third kappa shape index (κ3) is 3.40. The Balaban J connectivity index is 1.36. The van der Waals surface area contributed by atoms with Crippen molar-refractivity contribution in [2.24, 2.45) is 5.73 Å². The molecule has 10 heteroatoms. The fourth-order valence-electron chi connectivity index (χ4n) is 4.43. The zero-order valence-electron chi connectivity index (χ0n) is 16.9. The lowest BCUT2D eigenvalue weighted by Crippen LogP contribution is -2.44. The van der Waals surface area contributed by atoms with Gasteiger partial charge in [-0.1, -0.05) is 6.07 Å². The van der Waals surface area contributed by atoms with Crippen molar-refractivity contribution >= 4 is 17.0 Å². The minimum Gasteiger partial charge on any atom is -0.368 e. The average Bonchev–Trinajstić information content (AvgIpc) is 3.34. The Bertz CT molecular complexity index is 1250. The zero-order valence-corrected chi connectivity index (χ0v) is 16.9. The largest absolute Gasteiger partial charge is 0.434 e. The SMILES string of the molecule is Cc1ncc2c(C3(N)CCC(Nc4cccc5nc(C(F)(F)F)cn45)CC3)nccn12. The van der Waals surface area contributed by atoms with E-state index in [1.807, 2.05) is 17.5 Å². The fraction of sp³-hybridized carbons (Fsp3) is 0.381. The van der Waals surface area contributed by atoms with E-state index in [-0.39, 0.29) is 11.7 Å². The number of imidazole rings is 2. The van der Waals surface area contributed by atoms with Crippen molar-refractivity contribution in [2.75, 3.05) is 5.32 Å². The van der Waals surface area contributed by atoms with E-state index in [1.54, 1.807) is 30.6 Å². The van der Waals surface area contributed by atoms with Crippen molar-refractivity contribution < 1.29 is 13.2 Å². The first-order chi connectivity index (χ1) is 14.7. The lowest BCUT2D eigenvalue weighted by atomic mass is 9.77. The summed E-state index contributed by atoms with van der Waals surface area (Å²) >= 11 is 0. The molecule has 0 unspecified atom stereocenters. The molecule has 0 aromatic carbocycles. The highest BCUT2D eigenvalue weighted by molar-refractivity contribution is 5.54. The second kappa shape index (κ2) is 6.94. The van der Waals surface area contributed by atoms with E-state index >= 15 is 0 Å². The van der Waals surface area contributed by atoms with Gasteiger partial charge >= 0.3 is 6.18 Å². The van der Waals surface area contributed by atoms with Crippen LogP contribution in [0.25, 0.3) is 11.2 Å². The number of nitrogens with two attached hydrogens (primary N) is 1. The fourth-order valence-corrected chi connectivity index (χ4v) is 4.43. The van der Waals surface area contributed by atoms with Gasteiger partial charge in [0, 0.05) is 24.6 Å². The summed E-state index contributed by atoms with van der Waals surface area (Å²) < 4.78 is 42.6. The Morgan fingerprint density at radius 3 is 2.68 bits per heavy atom. The number of halogens is 3. The molecule has 1 aliphatic carbocycles. The smallest absolute Gasteiger partial charge is 0.368 e. The van der Waals surface area contributed by atoms with Crippen molar-refractivity contribution in [1.82, 2.24) is 23.8 Å². The lowest BCUT2D eigenvalue weighted by Gasteiger charge is -2.37. The molecule has 3 N–H and O–H groups in total. The number of anilines is 1. The number of hydrogen-bond donors (Lipinski definition) is 2. The molecule has 5 rings (SSSR count). The number of aryl methyl sites for hydroxylation is 1. The summed E-state index contributed by atoms with van der Waals surface area (Å²) in [4.78, 5) is 12.6. The molecule has 0 amide bonds.